The van der Waals surface area contributed by atoms with Crippen LogP contribution in [-0.4, -0.2) is 43.2 Å². The zero-order chi connectivity index (χ0) is 16.4. The van der Waals surface area contributed by atoms with Gasteiger partial charge in [0.25, 0.3) is 0 Å². The molecule has 1 saturated heterocycles. The SMILES string of the molecule is COc1cccc(N2CCN(Cc3nc4ccccc4s3)CC2)c1. The highest BCUT2D eigenvalue weighted by atomic mass is 32.1. The summed E-state index contributed by atoms with van der Waals surface area (Å²) in [5.74, 6) is 0.921. The highest BCUT2D eigenvalue weighted by Gasteiger charge is 2.18. The van der Waals surface area contributed by atoms with E-state index in [0.29, 0.717) is 0 Å². The van der Waals surface area contributed by atoms with Gasteiger partial charge in [0.1, 0.15) is 10.8 Å². The van der Waals surface area contributed by atoms with Crippen molar-refractivity contribution in [2.45, 2.75) is 6.54 Å². The Balaban J connectivity index is 1.38. The van der Waals surface area contributed by atoms with Crippen LogP contribution >= 0.6 is 11.3 Å². The molecule has 1 fully saturated rings. The van der Waals surface area contributed by atoms with Gasteiger partial charge in [0.15, 0.2) is 0 Å². The number of nitrogens with zero attached hydrogens (tertiary/aromatic N) is 3. The fourth-order valence-corrected chi connectivity index (χ4v) is 4.16. The summed E-state index contributed by atoms with van der Waals surface area (Å²) < 4.78 is 6.61. The zero-order valence-corrected chi connectivity index (χ0v) is 14.6. The molecule has 4 rings (SSSR count). The second-order valence-corrected chi connectivity index (χ2v) is 7.16. The zero-order valence-electron chi connectivity index (χ0n) is 13.8. The van der Waals surface area contributed by atoms with Crippen LogP contribution in [0.25, 0.3) is 10.2 Å². The second-order valence-electron chi connectivity index (χ2n) is 6.04. The molecule has 0 saturated carbocycles. The molecule has 0 amide bonds. The number of hydrogen-bond acceptors (Lipinski definition) is 5. The first-order valence-corrected chi connectivity index (χ1v) is 9.09. The van der Waals surface area contributed by atoms with Crippen molar-refractivity contribution < 1.29 is 4.74 Å². The van der Waals surface area contributed by atoms with E-state index in [1.54, 1.807) is 7.11 Å². The number of rotatable bonds is 4. The lowest BCUT2D eigenvalue weighted by Crippen LogP contribution is -2.45. The van der Waals surface area contributed by atoms with E-state index in [2.05, 4.69) is 52.3 Å². The van der Waals surface area contributed by atoms with Crippen LogP contribution in [0.1, 0.15) is 5.01 Å². The van der Waals surface area contributed by atoms with Gasteiger partial charge in [-0.05, 0) is 24.3 Å². The third-order valence-corrected chi connectivity index (χ3v) is 5.51. The molecule has 2 heterocycles. The van der Waals surface area contributed by atoms with Crippen LogP contribution in [0.3, 0.4) is 0 Å². The molecule has 0 unspecified atom stereocenters. The number of thiazole rings is 1. The van der Waals surface area contributed by atoms with Gasteiger partial charge in [-0.1, -0.05) is 18.2 Å². The number of ether oxygens (including phenoxy) is 1. The molecule has 3 aromatic rings. The third kappa shape index (κ3) is 3.23. The number of piperazine rings is 1. The van der Waals surface area contributed by atoms with Crippen molar-refractivity contribution in [3.05, 3.63) is 53.5 Å². The van der Waals surface area contributed by atoms with E-state index in [4.69, 9.17) is 9.72 Å². The molecule has 5 heteroatoms. The first-order valence-electron chi connectivity index (χ1n) is 8.27. The highest BCUT2D eigenvalue weighted by Crippen LogP contribution is 2.25. The fourth-order valence-electron chi connectivity index (χ4n) is 3.15. The van der Waals surface area contributed by atoms with Gasteiger partial charge >= 0.3 is 0 Å². The minimum atomic E-state index is 0.921. The molecule has 0 aliphatic carbocycles. The van der Waals surface area contributed by atoms with Gasteiger partial charge in [0.2, 0.25) is 0 Å². The van der Waals surface area contributed by atoms with Gasteiger partial charge in [0.05, 0.1) is 23.9 Å². The molecule has 0 atom stereocenters. The van der Waals surface area contributed by atoms with Gasteiger partial charge < -0.3 is 9.64 Å². The Labute approximate surface area is 146 Å². The van der Waals surface area contributed by atoms with Crippen LogP contribution in [0.5, 0.6) is 5.75 Å². The summed E-state index contributed by atoms with van der Waals surface area (Å²) in [5.41, 5.74) is 2.36. The van der Waals surface area contributed by atoms with Crippen molar-refractivity contribution in [1.29, 1.82) is 0 Å². The van der Waals surface area contributed by atoms with Crippen molar-refractivity contribution in [2.24, 2.45) is 0 Å². The minimum Gasteiger partial charge on any atom is -0.497 e. The highest BCUT2D eigenvalue weighted by molar-refractivity contribution is 7.18. The predicted molar refractivity (Wildman–Crippen MR) is 100 cm³/mol. The summed E-state index contributed by atoms with van der Waals surface area (Å²) in [5, 5.41) is 1.21. The van der Waals surface area contributed by atoms with Crippen LogP contribution in [0.4, 0.5) is 5.69 Å². The Morgan fingerprint density at radius 2 is 1.88 bits per heavy atom. The molecule has 0 bridgehead atoms. The first kappa shape index (κ1) is 15.4. The van der Waals surface area contributed by atoms with Crippen molar-refractivity contribution in [3.8, 4) is 5.75 Å². The van der Waals surface area contributed by atoms with Gasteiger partial charge in [-0.2, -0.15) is 0 Å². The van der Waals surface area contributed by atoms with Gasteiger partial charge in [0, 0.05) is 37.9 Å². The van der Waals surface area contributed by atoms with E-state index in [-0.39, 0.29) is 0 Å². The van der Waals surface area contributed by atoms with E-state index < -0.39 is 0 Å². The van der Waals surface area contributed by atoms with E-state index in [9.17, 15) is 0 Å². The lowest BCUT2D eigenvalue weighted by Gasteiger charge is -2.35. The molecular weight excluding hydrogens is 318 g/mol. The standard InChI is InChI=1S/C19H21N3OS/c1-23-16-6-4-5-15(13-16)22-11-9-21(10-12-22)14-19-20-17-7-2-3-8-18(17)24-19/h2-8,13H,9-12,14H2,1H3. The van der Waals surface area contributed by atoms with Crippen LogP contribution in [-0.2, 0) is 6.54 Å². The van der Waals surface area contributed by atoms with E-state index in [0.717, 1.165) is 44.0 Å². The molecule has 2 aromatic carbocycles. The summed E-state index contributed by atoms with van der Waals surface area (Å²) in [6, 6.07) is 16.7. The molecule has 1 aromatic heterocycles. The number of aromatic nitrogens is 1. The number of methoxy groups -OCH3 is 1. The molecular formula is C19H21N3OS. The molecule has 1 aliphatic rings. The number of para-hydroxylation sites is 1. The lowest BCUT2D eigenvalue weighted by atomic mass is 10.2. The Bertz CT molecular complexity index is 791. The van der Waals surface area contributed by atoms with Gasteiger partial charge in [-0.25, -0.2) is 4.98 Å². The molecule has 1 aliphatic heterocycles. The number of fused-ring (bicyclic) bond motifs is 1. The van der Waals surface area contributed by atoms with Crippen LogP contribution < -0.4 is 9.64 Å². The fraction of sp³-hybridized carbons (Fsp3) is 0.316. The Morgan fingerprint density at radius 1 is 1.04 bits per heavy atom. The summed E-state index contributed by atoms with van der Waals surface area (Å²) >= 11 is 1.81. The number of anilines is 1. The maximum atomic E-state index is 5.33. The molecule has 0 spiro atoms. The topological polar surface area (TPSA) is 28.6 Å². The minimum absolute atomic E-state index is 0.921. The van der Waals surface area contributed by atoms with Gasteiger partial charge in [-0.15, -0.1) is 11.3 Å². The van der Waals surface area contributed by atoms with Crippen molar-refractivity contribution >= 4 is 27.2 Å². The number of hydrogen-bond donors (Lipinski definition) is 0. The van der Waals surface area contributed by atoms with E-state index >= 15 is 0 Å². The van der Waals surface area contributed by atoms with Gasteiger partial charge in [-0.3, -0.25) is 4.90 Å². The average molecular weight is 339 g/mol. The van der Waals surface area contributed by atoms with Crippen LogP contribution in [0.15, 0.2) is 48.5 Å². The Hall–Kier alpha value is -2.11. The maximum absolute atomic E-state index is 5.33. The lowest BCUT2D eigenvalue weighted by molar-refractivity contribution is 0.249. The quantitative estimate of drug-likeness (QED) is 0.726. The molecule has 4 nitrogen and oxygen atoms in total. The van der Waals surface area contributed by atoms with E-state index in [1.807, 2.05) is 17.4 Å². The largest absolute Gasteiger partial charge is 0.497 e. The monoisotopic (exact) mass is 339 g/mol. The molecule has 124 valence electrons. The summed E-state index contributed by atoms with van der Waals surface area (Å²) in [7, 11) is 1.72. The normalized spacial score (nSPS) is 15.8. The third-order valence-electron chi connectivity index (χ3n) is 4.49. The summed E-state index contributed by atoms with van der Waals surface area (Å²) in [6.45, 7) is 5.15. The Kier molecular flexibility index (Phi) is 4.36. The second kappa shape index (κ2) is 6.79. The first-order chi connectivity index (χ1) is 11.8. The molecule has 24 heavy (non-hydrogen) atoms. The van der Waals surface area contributed by atoms with Crippen LogP contribution in [0.2, 0.25) is 0 Å². The Morgan fingerprint density at radius 3 is 2.67 bits per heavy atom. The summed E-state index contributed by atoms with van der Waals surface area (Å²) in [4.78, 5) is 9.68. The predicted octanol–water partition coefficient (Wildman–Crippen LogP) is 3.63. The van der Waals surface area contributed by atoms with Crippen molar-refractivity contribution in [3.63, 3.8) is 0 Å². The molecule has 0 radical (unpaired) electrons. The van der Waals surface area contributed by atoms with Crippen molar-refractivity contribution in [2.75, 3.05) is 38.2 Å². The van der Waals surface area contributed by atoms with Crippen LogP contribution in [0, 0.1) is 0 Å². The maximum Gasteiger partial charge on any atom is 0.120 e. The number of benzene rings is 2. The smallest absolute Gasteiger partial charge is 0.120 e. The molecule has 0 N–H and O–H groups in total. The average Bonchev–Trinajstić information content (AvgIpc) is 3.04. The van der Waals surface area contributed by atoms with E-state index in [1.165, 1.54) is 15.4 Å². The summed E-state index contributed by atoms with van der Waals surface area (Å²) in [6.07, 6.45) is 0. The van der Waals surface area contributed by atoms with Crippen molar-refractivity contribution in [1.82, 2.24) is 9.88 Å².